The van der Waals surface area contributed by atoms with Crippen LogP contribution in [-0.4, -0.2) is 29.7 Å². The second-order valence-electron chi connectivity index (χ2n) is 3.74. The summed E-state index contributed by atoms with van der Waals surface area (Å²) in [5, 5.41) is 12.4. The third kappa shape index (κ3) is 4.42. The molecule has 1 aromatic rings. The van der Waals surface area contributed by atoms with E-state index in [2.05, 4.69) is 27.9 Å². The van der Waals surface area contributed by atoms with Crippen molar-refractivity contribution < 1.29 is 9.90 Å². The first-order valence-corrected chi connectivity index (χ1v) is 6.54. The van der Waals surface area contributed by atoms with Crippen molar-refractivity contribution in [3.8, 4) is 0 Å². The van der Waals surface area contributed by atoms with E-state index >= 15 is 0 Å². The molecule has 0 saturated heterocycles. The van der Waals surface area contributed by atoms with Gasteiger partial charge in [0.15, 0.2) is 0 Å². The molecule has 0 aromatic heterocycles. The molecule has 1 rings (SSSR count). The maximum absolute atomic E-state index is 11.7. The fourth-order valence-electron chi connectivity index (χ4n) is 1.12. The molecule has 4 nitrogen and oxygen atoms in total. The van der Waals surface area contributed by atoms with Gasteiger partial charge in [-0.1, -0.05) is 11.6 Å². The molecule has 0 fully saturated rings. The number of carbonyl (C=O) groups excluding carboxylic acids is 1. The predicted octanol–water partition coefficient (Wildman–Crippen LogP) is 1.38. The molecular weight excluding hydrogens is 354 g/mol. The van der Waals surface area contributed by atoms with Gasteiger partial charge in [0, 0.05) is 21.7 Å². The minimum Gasteiger partial charge on any atom is -0.392 e. The number of rotatable bonds is 4. The Morgan fingerprint density at radius 1 is 1.65 bits per heavy atom. The van der Waals surface area contributed by atoms with E-state index in [1.165, 1.54) is 0 Å². The number of nitrogens with one attached hydrogen (secondary N) is 1. The van der Waals surface area contributed by atoms with Gasteiger partial charge in [0.2, 0.25) is 0 Å². The molecule has 0 radical (unpaired) electrons. The zero-order valence-electron chi connectivity index (χ0n) is 9.28. The lowest BCUT2D eigenvalue weighted by molar-refractivity contribution is 0.0937. The van der Waals surface area contributed by atoms with Crippen LogP contribution in [0.25, 0.3) is 0 Å². The van der Waals surface area contributed by atoms with Crippen LogP contribution in [0.4, 0.5) is 0 Å². The van der Waals surface area contributed by atoms with E-state index in [0.29, 0.717) is 10.6 Å². The molecule has 6 heteroatoms. The van der Waals surface area contributed by atoms with Crippen molar-refractivity contribution in [1.29, 1.82) is 0 Å². The normalized spacial score (nSPS) is 14.2. The molecule has 0 aliphatic rings. The first-order valence-electron chi connectivity index (χ1n) is 5.08. The van der Waals surface area contributed by atoms with E-state index < -0.39 is 12.1 Å². The van der Waals surface area contributed by atoms with Gasteiger partial charge in [-0.2, -0.15) is 0 Å². The first kappa shape index (κ1) is 14.7. The van der Waals surface area contributed by atoms with Crippen molar-refractivity contribution in [3.63, 3.8) is 0 Å². The number of aliphatic hydroxyl groups excluding tert-OH is 1. The Morgan fingerprint density at radius 2 is 2.29 bits per heavy atom. The van der Waals surface area contributed by atoms with Crippen LogP contribution >= 0.6 is 34.2 Å². The number of hydrogen-bond acceptors (Lipinski definition) is 3. The molecule has 17 heavy (non-hydrogen) atoms. The average molecular weight is 369 g/mol. The Kier molecular flexibility index (Phi) is 5.64. The highest BCUT2D eigenvalue weighted by Gasteiger charge is 2.12. The lowest BCUT2D eigenvalue weighted by Crippen LogP contribution is -2.43. The summed E-state index contributed by atoms with van der Waals surface area (Å²) in [6.07, 6.45) is -0.657. The summed E-state index contributed by atoms with van der Waals surface area (Å²) in [6.45, 7) is 1.80. The van der Waals surface area contributed by atoms with Crippen LogP contribution in [0.1, 0.15) is 17.3 Å². The summed E-state index contributed by atoms with van der Waals surface area (Å²) in [5.74, 6) is -0.251. The van der Waals surface area contributed by atoms with Crippen molar-refractivity contribution in [1.82, 2.24) is 5.32 Å². The molecule has 94 valence electrons. The Labute approximate surface area is 119 Å². The molecular formula is C11H14ClIN2O2. The number of benzene rings is 1. The zero-order chi connectivity index (χ0) is 13.0. The van der Waals surface area contributed by atoms with Gasteiger partial charge in [0.05, 0.1) is 11.1 Å². The highest BCUT2D eigenvalue weighted by Crippen LogP contribution is 2.19. The lowest BCUT2D eigenvalue weighted by Gasteiger charge is -2.15. The number of nitrogens with two attached hydrogens (primary N) is 1. The second-order valence-corrected chi connectivity index (χ2v) is 5.31. The smallest absolute Gasteiger partial charge is 0.251 e. The highest BCUT2D eigenvalue weighted by atomic mass is 127. The topological polar surface area (TPSA) is 75.3 Å². The Morgan fingerprint density at radius 3 is 2.82 bits per heavy atom. The monoisotopic (exact) mass is 368 g/mol. The van der Waals surface area contributed by atoms with Gasteiger partial charge in [-0.3, -0.25) is 4.79 Å². The number of aliphatic hydroxyl groups is 1. The number of amides is 1. The quantitative estimate of drug-likeness (QED) is 0.703. The molecule has 2 atom stereocenters. The fraction of sp³-hybridized carbons (Fsp3) is 0.364. The molecule has 4 N–H and O–H groups in total. The van der Waals surface area contributed by atoms with E-state index in [-0.39, 0.29) is 12.5 Å². The summed E-state index contributed by atoms with van der Waals surface area (Å²) < 4.78 is 0.890. The lowest BCUT2D eigenvalue weighted by atomic mass is 10.2. The Bertz CT molecular complexity index is 412. The van der Waals surface area contributed by atoms with E-state index in [1.807, 2.05) is 0 Å². The summed E-state index contributed by atoms with van der Waals surface area (Å²) in [6, 6.07) is 4.59. The van der Waals surface area contributed by atoms with Crippen LogP contribution in [0.2, 0.25) is 5.02 Å². The minimum absolute atomic E-state index is 0.222. The zero-order valence-corrected chi connectivity index (χ0v) is 12.2. The number of halogens is 2. The summed E-state index contributed by atoms with van der Waals surface area (Å²) in [5.41, 5.74) is 6.08. The van der Waals surface area contributed by atoms with Crippen LogP contribution in [0.5, 0.6) is 0 Å². The van der Waals surface area contributed by atoms with Crippen LogP contribution in [0.15, 0.2) is 18.2 Å². The maximum Gasteiger partial charge on any atom is 0.251 e. The van der Waals surface area contributed by atoms with Gasteiger partial charge in [-0.15, -0.1) is 0 Å². The maximum atomic E-state index is 11.7. The van der Waals surface area contributed by atoms with Gasteiger partial charge in [0.25, 0.3) is 5.91 Å². The molecule has 0 bridgehead atoms. The van der Waals surface area contributed by atoms with Gasteiger partial charge >= 0.3 is 0 Å². The summed E-state index contributed by atoms with van der Waals surface area (Å²) in [7, 11) is 0. The van der Waals surface area contributed by atoms with Crippen molar-refractivity contribution >= 4 is 40.1 Å². The number of hydrogen-bond donors (Lipinski definition) is 3. The molecule has 0 aliphatic carbocycles. The first-order chi connectivity index (χ1) is 7.91. The highest BCUT2D eigenvalue weighted by molar-refractivity contribution is 14.1. The third-order valence-corrected chi connectivity index (χ3v) is 3.87. The van der Waals surface area contributed by atoms with Crippen LogP contribution in [-0.2, 0) is 0 Å². The summed E-state index contributed by atoms with van der Waals surface area (Å²) >= 11 is 8.01. The minimum atomic E-state index is -0.657. The standard InChI is InChI=1S/C11H14ClIN2O2/c1-6(16)10(14)5-15-11(17)7-2-3-9(13)8(12)4-7/h2-4,6,10,16H,5,14H2,1H3,(H,15,17). The van der Waals surface area contributed by atoms with Crippen molar-refractivity contribution in [2.24, 2.45) is 5.73 Å². The average Bonchev–Trinajstić information content (AvgIpc) is 2.28. The largest absolute Gasteiger partial charge is 0.392 e. The Hall–Kier alpha value is -0.370. The molecule has 0 heterocycles. The molecule has 0 aliphatic heterocycles. The van der Waals surface area contributed by atoms with Gasteiger partial charge < -0.3 is 16.2 Å². The third-order valence-electron chi connectivity index (χ3n) is 2.30. The second kappa shape index (κ2) is 6.53. The number of carbonyl (C=O) groups is 1. The van der Waals surface area contributed by atoms with E-state index in [0.717, 1.165) is 3.57 Å². The van der Waals surface area contributed by atoms with Crippen LogP contribution in [0, 0.1) is 3.57 Å². The molecule has 2 unspecified atom stereocenters. The van der Waals surface area contributed by atoms with E-state index in [1.54, 1.807) is 25.1 Å². The van der Waals surface area contributed by atoms with E-state index in [9.17, 15) is 9.90 Å². The molecule has 0 saturated carbocycles. The van der Waals surface area contributed by atoms with Gasteiger partial charge in [0.1, 0.15) is 0 Å². The molecule has 1 aromatic carbocycles. The van der Waals surface area contributed by atoms with Crippen LogP contribution in [0.3, 0.4) is 0 Å². The predicted molar refractivity (Wildman–Crippen MR) is 76.2 cm³/mol. The van der Waals surface area contributed by atoms with Crippen molar-refractivity contribution in [2.45, 2.75) is 19.1 Å². The Balaban J connectivity index is 2.61. The van der Waals surface area contributed by atoms with Gasteiger partial charge in [-0.25, -0.2) is 0 Å². The van der Waals surface area contributed by atoms with Crippen molar-refractivity contribution in [3.05, 3.63) is 32.4 Å². The molecule has 1 amide bonds. The summed E-state index contributed by atoms with van der Waals surface area (Å²) in [4.78, 5) is 11.7. The SMILES string of the molecule is CC(O)C(N)CNC(=O)c1ccc(I)c(Cl)c1. The molecule has 0 spiro atoms. The van der Waals surface area contributed by atoms with Gasteiger partial charge in [-0.05, 0) is 47.7 Å². The van der Waals surface area contributed by atoms with E-state index in [4.69, 9.17) is 17.3 Å². The van der Waals surface area contributed by atoms with Crippen LogP contribution < -0.4 is 11.1 Å². The van der Waals surface area contributed by atoms with Crippen molar-refractivity contribution in [2.75, 3.05) is 6.54 Å². The fourth-order valence-corrected chi connectivity index (χ4v) is 1.64.